The molecule has 1 aliphatic carbocycles. The number of aromatic carboxylic acids is 1. The maximum absolute atomic E-state index is 13.1. The van der Waals surface area contributed by atoms with Crippen molar-refractivity contribution in [3.63, 3.8) is 0 Å². The molecule has 216 valence electrons. The second-order valence-electron chi connectivity index (χ2n) is 11.2. The van der Waals surface area contributed by atoms with Crippen molar-refractivity contribution in [1.29, 1.82) is 0 Å². The first kappa shape index (κ1) is 29.5. The summed E-state index contributed by atoms with van der Waals surface area (Å²) in [4.78, 5) is 29.0. The van der Waals surface area contributed by atoms with Gasteiger partial charge < -0.3 is 10.4 Å². The number of piperidine rings is 1. The van der Waals surface area contributed by atoms with Crippen molar-refractivity contribution in [1.82, 2.24) is 9.62 Å². The fourth-order valence-corrected chi connectivity index (χ4v) is 7.63. The smallest absolute Gasteiger partial charge is 0.389 e. The van der Waals surface area contributed by atoms with Gasteiger partial charge in [0.1, 0.15) is 11.4 Å². The number of hydrogen-bond donors (Lipinski definition) is 2. The van der Waals surface area contributed by atoms with Crippen molar-refractivity contribution in [2.75, 3.05) is 18.8 Å². The molecule has 12 heteroatoms. The molecule has 1 spiro atoms. The Balaban J connectivity index is 1.33. The number of aliphatic imine (C=N–C) groups is 1. The van der Waals surface area contributed by atoms with E-state index in [1.807, 2.05) is 0 Å². The number of carboxylic acids is 1. The number of carbonyl (C=O) groups is 2. The molecular weight excluding hydrogens is 535 g/mol. The number of nitrogens with one attached hydrogen (secondary N) is 1. The predicted molar refractivity (Wildman–Crippen MR) is 140 cm³/mol. The summed E-state index contributed by atoms with van der Waals surface area (Å²) in [6.45, 7) is 3.89. The molecular formula is C27H36F3N3O5S. The normalized spacial score (nSPS) is 24.0. The summed E-state index contributed by atoms with van der Waals surface area (Å²) in [6.07, 6.45) is -1.25. The largest absolute Gasteiger partial charge is 0.478 e. The Kier molecular flexibility index (Phi) is 8.47. The summed E-state index contributed by atoms with van der Waals surface area (Å²) in [6, 6.07) is 3.09. The fourth-order valence-electron chi connectivity index (χ4n) is 6.17. The van der Waals surface area contributed by atoms with E-state index >= 15 is 0 Å². The Morgan fingerprint density at radius 1 is 1.13 bits per heavy atom. The first-order valence-electron chi connectivity index (χ1n) is 13.5. The lowest BCUT2D eigenvalue weighted by Crippen LogP contribution is -2.51. The molecule has 3 aliphatic rings. The molecule has 0 radical (unpaired) electrons. The van der Waals surface area contributed by atoms with E-state index < -0.39 is 34.1 Å². The average molecular weight is 572 g/mol. The van der Waals surface area contributed by atoms with Gasteiger partial charge in [0.25, 0.3) is 5.91 Å². The Morgan fingerprint density at radius 3 is 2.26 bits per heavy atom. The van der Waals surface area contributed by atoms with E-state index in [0.29, 0.717) is 31.5 Å². The predicted octanol–water partition coefficient (Wildman–Crippen LogP) is 4.39. The molecule has 0 bridgehead atoms. The van der Waals surface area contributed by atoms with Gasteiger partial charge in [-0.15, -0.1) is 0 Å². The van der Waals surface area contributed by atoms with Gasteiger partial charge in [0.15, 0.2) is 0 Å². The van der Waals surface area contributed by atoms with E-state index in [1.165, 1.54) is 4.31 Å². The van der Waals surface area contributed by atoms with E-state index in [1.54, 1.807) is 26.0 Å². The van der Waals surface area contributed by atoms with Crippen molar-refractivity contribution in [2.45, 2.75) is 83.4 Å². The summed E-state index contributed by atoms with van der Waals surface area (Å²) >= 11 is 0. The summed E-state index contributed by atoms with van der Waals surface area (Å²) in [5.74, 6) is -0.730. The average Bonchev–Trinajstić information content (AvgIpc) is 3.17. The monoisotopic (exact) mass is 571 g/mol. The number of sulfonamides is 1. The van der Waals surface area contributed by atoms with Gasteiger partial charge in [0.2, 0.25) is 10.0 Å². The number of nitrogens with zero attached hydrogens (tertiary/aromatic N) is 2. The lowest BCUT2D eigenvalue weighted by atomic mass is 9.79. The molecule has 1 saturated carbocycles. The third-order valence-electron chi connectivity index (χ3n) is 8.56. The number of alkyl halides is 3. The van der Waals surface area contributed by atoms with E-state index in [4.69, 9.17) is 4.99 Å². The lowest BCUT2D eigenvalue weighted by molar-refractivity contribution is -0.138. The van der Waals surface area contributed by atoms with E-state index in [9.17, 15) is 36.3 Å². The molecule has 2 heterocycles. The van der Waals surface area contributed by atoms with Crippen LogP contribution >= 0.6 is 0 Å². The molecule has 1 saturated heterocycles. The number of rotatable bonds is 8. The molecule has 0 aromatic heterocycles. The number of carboxylic acid groups (broad SMARTS) is 1. The zero-order valence-electron chi connectivity index (χ0n) is 22.3. The van der Waals surface area contributed by atoms with E-state index in [2.05, 4.69) is 5.32 Å². The van der Waals surface area contributed by atoms with Crippen LogP contribution in [0.4, 0.5) is 13.2 Å². The van der Waals surface area contributed by atoms with Gasteiger partial charge in [0, 0.05) is 25.4 Å². The highest BCUT2D eigenvalue weighted by atomic mass is 32.2. The first-order valence-corrected chi connectivity index (χ1v) is 15.1. The second-order valence-corrected chi connectivity index (χ2v) is 13.3. The number of halogens is 3. The van der Waals surface area contributed by atoms with Gasteiger partial charge in [0.05, 0.1) is 11.3 Å². The zero-order chi connectivity index (χ0) is 28.6. The maximum Gasteiger partial charge on any atom is 0.389 e. The standard InChI is InChI=1S/C27H36F3N3O5S/c1-17-15-21(24(34)35)16-18(2)22(17)8-14-39(37,38)33-12-10-26(11-13-33)25(36)31-23(32-26)20-5-3-19(4-6-20)7-9-27(28,29)30/h15-16,19-20H,3-14H2,1-2H3,(H,34,35)(H,31,32,36). The maximum atomic E-state index is 13.1. The fraction of sp³-hybridized carbons (Fsp3) is 0.667. The first-order chi connectivity index (χ1) is 18.2. The number of amides is 1. The van der Waals surface area contributed by atoms with Crippen LogP contribution in [0.5, 0.6) is 0 Å². The van der Waals surface area contributed by atoms with Crippen molar-refractivity contribution >= 4 is 27.7 Å². The highest BCUT2D eigenvalue weighted by Crippen LogP contribution is 2.38. The van der Waals surface area contributed by atoms with Crippen LogP contribution in [0.25, 0.3) is 0 Å². The van der Waals surface area contributed by atoms with Crippen LogP contribution in [-0.4, -0.2) is 66.1 Å². The molecule has 2 N–H and O–H groups in total. The van der Waals surface area contributed by atoms with Gasteiger partial charge in [-0.25, -0.2) is 17.5 Å². The quantitative estimate of drug-likeness (QED) is 0.480. The molecule has 0 atom stereocenters. The summed E-state index contributed by atoms with van der Waals surface area (Å²) in [5.41, 5.74) is 1.46. The van der Waals surface area contributed by atoms with Crippen LogP contribution in [-0.2, 0) is 21.2 Å². The Bertz CT molecular complexity index is 1220. The lowest BCUT2D eigenvalue weighted by Gasteiger charge is -2.34. The highest BCUT2D eigenvalue weighted by Gasteiger charge is 2.48. The molecule has 4 rings (SSSR count). The Morgan fingerprint density at radius 2 is 1.72 bits per heavy atom. The number of amidine groups is 1. The van der Waals surface area contributed by atoms with Gasteiger partial charge in [-0.05, 0) is 100.0 Å². The molecule has 39 heavy (non-hydrogen) atoms. The molecule has 1 aromatic carbocycles. The number of hydrogen-bond acceptors (Lipinski definition) is 5. The van der Waals surface area contributed by atoms with Crippen molar-refractivity contribution < 1.29 is 36.3 Å². The second kappa shape index (κ2) is 11.2. The third kappa shape index (κ3) is 6.82. The minimum absolute atomic E-state index is 0.0104. The molecule has 2 aliphatic heterocycles. The number of benzene rings is 1. The van der Waals surface area contributed by atoms with Crippen molar-refractivity contribution in [2.24, 2.45) is 16.8 Å². The van der Waals surface area contributed by atoms with Crippen LogP contribution in [0, 0.1) is 25.7 Å². The Labute approximate surface area is 227 Å². The summed E-state index contributed by atoms with van der Waals surface area (Å²) in [5, 5.41) is 12.1. The topological polar surface area (TPSA) is 116 Å². The van der Waals surface area contributed by atoms with Gasteiger partial charge in [-0.3, -0.25) is 9.79 Å². The van der Waals surface area contributed by atoms with Gasteiger partial charge in [-0.1, -0.05) is 0 Å². The van der Waals surface area contributed by atoms with Gasteiger partial charge >= 0.3 is 12.1 Å². The third-order valence-corrected chi connectivity index (χ3v) is 10.4. The molecule has 1 amide bonds. The minimum Gasteiger partial charge on any atom is -0.478 e. The molecule has 0 unspecified atom stereocenters. The van der Waals surface area contributed by atoms with Crippen LogP contribution in [0.2, 0.25) is 0 Å². The number of aryl methyl sites for hydroxylation is 2. The van der Waals surface area contributed by atoms with E-state index in [-0.39, 0.29) is 67.8 Å². The van der Waals surface area contributed by atoms with Crippen molar-refractivity contribution in [3.05, 3.63) is 34.4 Å². The summed E-state index contributed by atoms with van der Waals surface area (Å²) < 4.78 is 65.3. The van der Waals surface area contributed by atoms with Gasteiger partial charge in [-0.2, -0.15) is 13.2 Å². The van der Waals surface area contributed by atoms with Crippen molar-refractivity contribution in [3.8, 4) is 0 Å². The molecule has 8 nitrogen and oxygen atoms in total. The Hall–Kier alpha value is -2.47. The minimum atomic E-state index is -4.14. The van der Waals surface area contributed by atoms with Crippen LogP contribution in [0.1, 0.15) is 78.4 Å². The van der Waals surface area contributed by atoms with E-state index in [0.717, 1.165) is 16.7 Å². The number of carbonyl (C=O) groups excluding carboxylic acids is 1. The highest BCUT2D eigenvalue weighted by molar-refractivity contribution is 7.89. The molecule has 2 fully saturated rings. The van der Waals surface area contributed by atoms with Crippen LogP contribution in [0.15, 0.2) is 17.1 Å². The van der Waals surface area contributed by atoms with Crippen LogP contribution in [0.3, 0.4) is 0 Å². The zero-order valence-corrected chi connectivity index (χ0v) is 23.1. The van der Waals surface area contributed by atoms with Crippen LogP contribution < -0.4 is 5.32 Å². The SMILES string of the molecule is Cc1cc(C(=O)O)cc(C)c1CCS(=O)(=O)N1CCC2(CC1)N=C(C1CCC(CCC(F)(F)F)CC1)NC2=O. The molecule has 1 aromatic rings. The summed E-state index contributed by atoms with van der Waals surface area (Å²) in [7, 11) is -3.60.